The second-order valence-corrected chi connectivity index (χ2v) is 5.17. The summed E-state index contributed by atoms with van der Waals surface area (Å²) in [5.74, 6) is 0. The van der Waals surface area contributed by atoms with Crippen LogP contribution in [-0.2, 0) is 6.54 Å². The van der Waals surface area contributed by atoms with E-state index in [1.54, 1.807) is 6.20 Å². The molecule has 0 atom stereocenters. The molecule has 0 aliphatic heterocycles. The van der Waals surface area contributed by atoms with Gasteiger partial charge in [0, 0.05) is 17.8 Å². The molecule has 3 rings (SSSR count). The molecule has 0 fully saturated rings. The Bertz CT molecular complexity index is 893. The Morgan fingerprint density at radius 1 is 1.20 bits per heavy atom. The van der Waals surface area contributed by atoms with Crippen LogP contribution in [0.15, 0.2) is 56.8 Å². The first-order valence-corrected chi connectivity index (χ1v) is 6.77. The van der Waals surface area contributed by atoms with Crippen LogP contribution in [0.2, 0.25) is 0 Å². The topological polar surface area (TPSA) is 67.8 Å². The Hall–Kier alpha value is -2.21. The number of pyridine rings is 1. The maximum atomic E-state index is 12.0. The van der Waals surface area contributed by atoms with Gasteiger partial charge in [-0.05, 0) is 33.6 Å². The molecule has 0 radical (unpaired) electrons. The fourth-order valence-electron chi connectivity index (χ4n) is 2.09. The zero-order chi connectivity index (χ0) is 14.1. The highest BCUT2D eigenvalue weighted by Crippen LogP contribution is 2.16. The smallest absolute Gasteiger partial charge is 0.313 e. The van der Waals surface area contributed by atoms with Gasteiger partial charge in [-0.1, -0.05) is 18.2 Å². The number of benzene rings is 1. The monoisotopic (exact) mass is 331 g/mol. The van der Waals surface area contributed by atoms with Gasteiger partial charge in [0.2, 0.25) is 0 Å². The molecule has 2 heterocycles. The molecule has 0 spiro atoms. The number of nitrogens with zero attached hydrogens (tertiary/aromatic N) is 2. The molecule has 0 saturated heterocycles. The van der Waals surface area contributed by atoms with Gasteiger partial charge in [0.15, 0.2) is 0 Å². The summed E-state index contributed by atoms with van der Waals surface area (Å²) in [5.41, 5.74) is 0.930. The summed E-state index contributed by atoms with van der Waals surface area (Å²) < 4.78 is 1.49. The minimum absolute atomic E-state index is 0.205. The summed E-state index contributed by atoms with van der Waals surface area (Å²) in [6, 6.07) is 9.44. The molecule has 6 heteroatoms. The Labute approximate surface area is 122 Å². The first kappa shape index (κ1) is 12.8. The van der Waals surface area contributed by atoms with E-state index >= 15 is 0 Å². The van der Waals surface area contributed by atoms with E-state index in [0.29, 0.717) is 4.47 Å². The van der Waals surface area contributed by atoms with Gasteiger partial charge in [0.1, 0.15) is 0 Å². The predicted molar refractivity (Wildman–Crippen MR) is 79.9 cm³/mol. The largest absolute Gasteiger partial charge is 0.328 e. The number of rotatable bonds is 2. The van der Waals surface area contributed by atoms with Crippen molar-refractivity contribution in [2.45, 2.75) is 6.54 Å². The van der Waals surface area contributed by atoms with Crippen molar-refractivity contribution >= 4 is 26.8 Å². The van der Waals surface area contributed by atoms with Crippen LogP contribution in [0.3, 0.4) is 0 Å². The van der Waals surface area contributed by atoms with Crippen molar-refractivity contribution in [1.82, 2.24) is 14.5 Å². The van der Waals surface area contributed by atoms with Crippen LogP contribution in [0, 0.1) is 0 Å². The maximum Gasteiger partial charge on any atom is 0.328 e. The lowest BCUT2D eigenvalue weighted by molar-refractivity contribution is 0.697. The summed E-state index contributed by atoms with van der Waals surface area (Å²) in [6.45, 7) is 0.205. The lowest BCUT2D eigenvalue weighted by Crippen LogP contribution is -2.35. The van der Waals surface area contributed by atoms with Crippen molar-refractivity contribution in [3.63, 3.8) is 0 Å². The lowest BCUT2D eigenvalue weighted by Gasteiger charge is -2.07. The molecule has 2 aromatic heterocycles. The summed E-state index contributed by atoms with van der Waals surface area (Å²) in [7, 11) is 0. The van der Waals surface area contributed by atoms with E-state index in [9.17, 15) is 9.59 Å². The molecule has 0 unspecified atom stereocenters. The number of H-pyrrole nitrogens is 1. The molecule has 0 aliphatic carbocycles. The molecule has 5 nitrogen and oxygen atoms in total. The van der Waals surface area contributed by atoms with Crippen LogP contribution in [0.25, 0.3) is 10.9 Å². The normalized spacial score (nSPS) is 10.8. The molecule has 1 N–H and O–H groups in total. The van der Waals surface area contributed by atoms with Gasteiger partial charge in [-0.3, -0.25) is 14.3 Å². The molecule has 0 bridgehead atoms. The maximum absolute atomic E-state index is 12.0. The van der Waals surface area contributed by atoms with Crippen molar-refractivity contribution < 1.29 is 0 Å². The predicted octanol–water partition coefficient (Wildman–Crippen LogP) is 1.90. The molecule has 0 aliphatic rings. The van der Waals surface area contributed by atoms with Crippen molar-refractivity contribution in [2.24, 2.45) is 0 Å². The standard InChI is InChI=1S/C14H10BrN3O2/c15-11-7-17-14(20)18(13(11)19)8-9-5-6-16-12-4-2-1-3-10(9)12/h1-7H,8H2,(H,17,20). The van der Waals surface area contributed by atoms with Crippen molar-refractivity contribution in [2.75, 3.05) is 0 Å². The fraction of sp³-hybridized carbons (Fsp3) is 0.0714. The zero-order valence-corrected chi connectivity index (χ0v) is 11.9. The van der Waals surface area contributed by atoms with E-state index in [1.807, 2.05) is 30.3 Å². The third-order valence-electron chi connectivity index (χ3n) is 3.08. The van der Waals surface area contributed by atoms with Crippen molar-refractivity contribution in [3.8, 4) is 0 Å². The third kappa shape index (κ3) is 2.18. The zero-order valence-electron chi connectivity index (χ0n) is 10.3. The highest BCUT2D eigenvalue weighted by molar-refractivity contribution is 9.10. The summed E-state index contributed by atoms with van der Waals surface area (Å²) >= 11 is 3.13. The Morgan fingerprint density at radius 2 is 2.00 bits per heavy atom. The molecule has 0 saturated carbocycles. The third-order valence-corrected chi connectivity index (χ3v) is 3.65. The number of hydrogen-bond acceptors (Lipinski definition) is 3. The number of nitrogens with one attached hydrogen (secondary N) is 1. The number of para-hydroxylation sites is 1. The van der Waals surface area contributed by atoms with E-state index in [0.717, 1.165) is 21.0 Å². The van der Waals surface area contributed by atoms with Crippen LogP contribution in [0.5, 0.6) is 0 Å². The Balaban J connectivity index is 2.18. The fourth-order valence-corrected chi connectivity index (χ4v) is 2.42. The number of hydrogen-bond donors (Lipinski definition) is 1. The second kappa shape index (κ2) is 5.05. The molecule has 1 aromatic carbocycles. The van der Waals surface area contributed by atoms with Gasteiger partial charge in [-0.2, -0.15) is 0 Å². The number of halogens is 1. The van der Waals surface area contributed by atoms with Crippen LogP contribution >= 0.6 is 15.9 Å². The van der Waals surface area contributed by atoms with E-state index in [4.69, 9.17) is 0 Å². The van der Waals surface area contributed by atoms with Gasteiger partial charge < -0.3 is 4.98 Å². The second-order valence-electron chi connectivity index (χ2n) is 4.32. The molecular formula is C14H10BrN3O2. The van der Waals surface area contributed by atoms with Crippen LogP contribution < -0.4 is 11.2 Å². The van der Waals surface area contributed by atoms with Crippen LogP contribution in [0.1, 0.15) is 5.56 Å². The number of fused-ring (bicyclic) bond motifs is 1. The Morgan fingerprint density at radius 3 is 2.85 bits per heavy atom. The molecular weight excluding hydrogens is 322 g/mol. The van der Waals surface area contributed by atoms with Crippen molar-refractivity contribution in [3.05, 3.63) is 73.6 Å². The minimum Gasteiger partial charge on any atom is -0.313 e. The van der Waals surface area contributed by atoms with Gasteiger partial charge in [-0.25, -0.2) is 4.79 Å². The average Bonchev–Trinajstić information content (AvgIpc) is 2.48. The van der Waals surface area contributed by atoms with Crippen molar-refractivity contribution in [1.29, 1.82) is 0 Å². The Kier molecular flexibility index (Phi) is 3.23. The lowest BCUT2D eigenvalue weighted by atomic mass is 10.1. The van der Waals surface area contributed by atoms with E-state index in [-0.39, 0.29) is 12.1 Å². The highest BCUT2D eigenvalue weighted by atomic mass is 79.9. The van der Waals surface area contributed by atoms with Gasteiger partial charge in [0.25, 0.3) is 5.56 Å². The van der Waals surface area contributed by atoms with E-state index in [2.05, 4.69) is 25.9 Å². The SMILES string of the molecule is O=c1[nH]cc(Br)c(=O)n1Cc1ccnc2ccccc12. The minimum atomic E-state index is -0.431. The van der Waals surface area contributed by atoms with Gasteiger partial charge >= 0.3 is 5.69 Å². The van der Waals surface area contributed by atoms with Gasteiger partial charge in [-0.15, -0.1) is 0 Å². The molecule has 0 amide bonds. The summed E-state index contributed by atoms with van der Waals surface area (Å²) in [6.07, 6.45) is 3.03. The summed E-state index contributed by atoms with van der Waals surface area (Å²) in [5, 5.41) is 0.932. The first-order chi connectivity index (χ1) is 9.66. The van der Waals surface area contributed by atoms with E-state index < -0.39 is 5.69 Å². The number of aromatic amines is 1. The molecule has 100 valence electrons. The first-order valence-electron chi connectivity index (χ1n) is 5.97. The molecule has 3 aromatic rings. The quantitative estimate of drug-likeness (QED) is 0.779. The molecule has 20 heavy (non-hydrogen) atoms. The van der Waals surface area contributed by atoms with Gasteiger partial charge in [0.05, 0.1) is 16.5 Å². The average molecular weight is 332 g/mol. The number of aromatic nitrogens is 3. The van der Waals surface area contributed by atoms with Crippen LogP contribution in [0.4, 0.5) is 0 Å². The summed E-state index contributed by atoms with van der Waals surface area (Å²) in [4.78, 5) is 30.6. The highest BCUT2D eigenvalue weighted by Gasteiger charge is 2.08. The van der Waals surface area contributed by atoms with E-state index in [1.165, 1.54) is 6.20 Å². The van der Waals surface area contributed by atoms with Crippen LogP contribution in [-0.4, -0.2) is 14.5 Å².